The number of hydrogen-bond donors (Lipinski definition) is 0. The van der Waals surface area contributed by atoms with Gasteiger partial charge in [-0.15, -0.1) is 0 Å². The van der Waals surface area contributed by atoms with Crippen molar-refractivity contribution in [1.82, 2.24) is 0 Å². The van der Waals surface area contributed by atoms with Gasteiger partial charge >= 0.3 is 26.3 Å². The van der Waals surface area contributed by atoms with Crippen LogP contribution < -0.4 is 125 Å². The molecule has 18 heteroatoms. The van der Waals surface area contributed by atoms with Crippen molar-refractivity contribution >= 4 is 222 Å². The molecule has 4 unspecified atom stereocenters. The zero-order chi connectivity index (χ0) is 90.8. The van der Waals surface area contributed by atoms with Crippen molar-refractivity contribution in [2.75, 3.05) is 19.2 Å². The van der Waals surface area contributed by atoms with Crippen molar-refractivity contribution in [2.24, 2.45) is 0 Å². The molecule has 0 aromatic heterocycles. The maximum absolute atomic E-state index is 16.8. The molecule has 0 fully saturated rings. The molecule has 0 saturated heterocycles. The maximum atomic E-state index is 16.8. The summed E-state index contributed by atoms with van der Waals surface area (Å²) in [6.07, 6.45) is 0. The molecule has 0 aliphatic carbocycles. The quantitative estimate of drug-likeness (QED) is 0.0846. The van der Waals surface area contributed by atoms with E-state index in [1.165, 1.54) is 52.6 Å². The minimum Gasteiger partial charge on any atom is -0.373 e. The van der Waals surface area contributed by atoms with Crippen LogP contribution in [0.4, 0.5) is 45.5 Å². The van der Waals surface area contributed by atoms with Gasteiger partial charge in [-0.2, -0.15) is 0 Å². The Balaban J connectivity index is 0.000000128. The van der Waals surface area contributed by atoms with E-state index in [9.17, 15) is 0 Å². The van der Waals surface area contributed by atoms with E-state index in [1.807, 2.05) is 0 Å². The van der Waals surface area contributed by atoms with E-state index in [-0.39, 0.29) is 26.3 Å². The number of fused-ring (bicyclic) bond motifs is 44. The molecule has 32 rings (SSSR count). The maximum Gasteiger partial charge on any atom is 0.377 e. The van der Waals surface area contributed by atoms with Crippen LogP contribution in [0, 0.1) is 0 Å². The molecule has 20 aromatic carbocycles. The molecular formula is C120H76B4N4O4P4Si2. The fourth-order valence-corrected chi connectivity index (χ4v) is 52.6. The van der Waals surface area contributed by atoms with Gasteiger partial charge in [0.2, 0.25) is 0 Å². The standard InChI is InChI=1S/2C60H38B2N2O2P2Si/c65-67-57-33-17-11-27-47(57)49-35-41(37-55(59(49)67)63-53-31-15-9-25-45(53)43-23-7-13-29-51(43)61(63)67)69(39-19-3-1-4-20-39,40-21-5-2-6-22-40)42-36-50-48-28-12-18-34-58(48)68(66)60(50)56(38-42)64-54-32-16-10-26-46(54)44-24-8-14-30-52(44)62(64)68;65-67-57-35-33-41(37-49(57)47-25-15-31-55(59(47)67)63-53-29-13-9-23-45(53)43-21-7-11-27-51(43)61(63)67)69(39-17-3-1-4-18-39,40-19-5-2-6-20-40)42-34-36-58-50(38-42)48-26-16-32-56-60(48)68(58,66)62-52-28-12-8-22-44(52)46-24-10-14-30-54(46)64(56)62/h2*1-38H. The number of rotatable bonds is 8. The Bertz CT molecular complexity index is 8630. The Labute approximate surface area is 803 Å². The Hall–Kier alpha value is -14.8. The summed E-state index contributed by atoms with van der Waals surface area (Å²) < 4.78 is 67.0. The summed E-state index contributed by atoms with van der Waals surface area (Å²) in [6.45, 7) is -1.45. The van der Waals surface area contributed by atoms with E-state index < -0.39 is 44.2 Å². The molecule has 20 aromatic rings. The van der Waals surface area contributed by atoms with E-state index in [0.29, 0.717) is 0 Å². The highest BCUT2D eigenvalue weighted by Gasteiger charge is 2.67. The van der Waals surface area contributed by atoms with Gasteiger partial charge < -0.3 is 37.5 Å². The van der Waals surface area contributed by atoms with Crippen LogP contribution in [-0.4, -0.2) is 42.4 Å². The molecule has 640 valence electrons. The summed E-state index contributed by atoms with van der Waals surface area (Å²) in [7, 11) is -19.7. The molecule has 0 N–H and O–H groups in total. The molecule has 12 aliphatic heterocycles. The van der Waals surface area contributed by atoms with Gasteiger partial charge in [0.05, 0.1) is 0 Å². The predicted octanol–water partition coefficient (Wildman–Crippen LogP) is 17.4. The monoisotopic (exact) mass is 1860 g/mol. The molecule has 4 atom stereocenters. The van der Waals surface area contributed by atoms with Gasteiger partial charge in [0.25, 0.3) is 0 Å². The van der Waals surface area contributed by atoms with Crippen LogP contribution in [0.25, 0.3) is 89.0 Å². The molecular weight excluding hydrogens is 1780 g/mol. The second kappa shape index (κ2) is 28.0. The van der Waals surface area contributed by atoms with E-state index in [4.69, 9.17) is 0 Å². The van der Waals surface area contributed by atoms with Gasteiger partial charge in [0, 0.05) is 110 Å². The minimum atomic E-state index is -3.41. The van der Waals surface area contributed by atoms with Crippen molar-refractivity contribution in [3.05, 3.63) is 461 Å². The van der Waals surface area contributed by atoms with E-state index in [1.54, 1.807) is 0 Å². The van der Waals surface area contributed by atoms with Crippen LogP contribution in [0.3, 0.4) is 0 Å². The van der Waals surface area contributed by atoms with Gasteiger partial charge in [-0.1, -0.05) is 413 Å². The average Bonchev–Trinajstić information content (AvgIpc) is 1.49. The summed E-state index contributed by atoms with van der Waals surface area (Å²) in [5.74, 6) is 0. The number of nitrogens with zero attached hydrogens (tertiary/aromatic N) is 4. The first-order chi connectivity index (χ1) is 68.0. The van der Waals surface area contributed by atoms with Gasteiger partial charge in [-0.3, -0.25) is 0 Å². The van der Waals surface area contributed by atoms with Crippen molar-refractivity contribution < 1.29 is 18.3 Å². The van der Waals surface area contributed by atoms with Crippen LogP contribution in [0.15, 0.2) is 461 Å². The van der Waals surface area contributed by atoms with E-state index >= 15 is 18.3 Å². The highest BCUT2D eigenvalue weighted by molar-refractivity contribution is 8.11. The number of hydrogen-bond acceptors (Lipinski definition) is 8. The normalized spacial score (nSPS) is 18.6. The summed E-state index contributed by atoms with van der Waals surface area (Å²) in [6, 6.07) is 167. The topological polar surface area (TPSA) is 81.2 Å². The number of benzene rings is 20. The van der Waals surface area contributed by atoms with Crippen LogP contribution >= 0.6 is 28.1 Å². The molecule has 138 heavy (non-hydrogen) atoms. The van der Waals surface area contributed by atoms with Gasteiger partial charge in [-0.05, 0) is 179 Å². The number of anilines is 8. The van der Waals surface area contributed by atoms with Crippen molar-refractivity contribution in [3.8, 4) is 89.0 Å². The van der Waals surface area contributed by atoms with Gasteiger partial charge in [0.15, 0.2) is 16.1 Å². The predicted molar refractivity (Wildman–Crippen MR) is 587 cm³/mol. The Morgan fingerprint density at radius 3 is 0.696 bits per heavy atom. The molecule has 0 amide bonds. The summed E-state index contributed by atoms with van der Waals surface area (Å²) in [4.78, 5) is 9.67. The molecule has 12 heterocycles. The lowest BCUT2D eigenvalue weighted by molar-refractivity contribution is 0.594. The van der Waals surface area contributed by atoms with Gasteiger partial charge in [-0.25, -0.2) is 0 Å². The van der Waals surface area contributed by atoms with E-state index in [2.05, 4.69) is 480 Å². The Kier molecular flexibility index (Phi) is 15.9. The third kappa shape index (κ3) is 9.51. The Morgan fingerprint density at radius 2 is 0.377 bits per heavy atom. The van der Waals surface area contributed by atoms with E-state index in [0.717, 1.165) is 188 Å². The SMILES string of the molecule is O=P12B3c4ccccc4-c4ccccc4N3c3cc([Si](c4ccccc4)(c4ccccc4)c4cc5c6c(c4)N4B(c7ccccc7-c7ccccc74)P6(=O)c4ccccc4-5)cc(c31)-c1ccccc12.O=P12B3c4ccccc4-c4ccccc4N3c3cccc(c31)-c1cc([Si](c3ccccc3)(c3ccccc3)c3ccc4c(c3)-c3cccc5c3P4(=O)B3c4ccccc4-c4ccccc4N35)ccc12. The highest BCUT2D eigenvalue weighted by Crippen LogP contribution is 2.71. The molecule has 12 aliphatic rings. The first-order valence-electron chi connectivity index (χ1n) is 47.7. The largest absolute Gasteiger partial charge is 0.377 e. The second-order valence-electron chi connectivity index (χ2n) is 38.6. The van der Waals surface area contributed by atoms with Crippen LogP contribution in [0.1, 0.15) is 0 Å². The zero-order valence-electron chi connectivity index (χ0n) is 74.4. The van der Waals surface area contributed by atoms with Gasteiger partial charge in [0.1, 0.15) is 28.1 Å². The average molecular weight is 1860 g/mol. The Morgan fingerprint density at radius 1 is 0.152 bits per heavy atom. The third-order valence-corrected chi connectivity index (χ3v) is 55.9. The first kappa shape index (κ1) is 78.4. The van der Waals surface area contributed by atoms with Crippen LogP contribution in [0.2, 0.25) is 0 Å². The second-order valence-corrected chi connectivity index (χ2v) is 57.2. The lowest BCUT2D eigenvalue weighted by atomic mass is 9.69. The summed E-state index contributed by atoms with van der Waals surface area (Å²) in [5, 5.41) is 17.6. The molecule has 0 bridgehead atoms. The summed E-state index contributed by atoms with van der Waals surface area (Å²) >= 11 is 0. The highest BCUT2D eigenvalue weighted by atomic mass is 31.2. The van der Waals surface area contributed by atoms with Crippen LogP contribution in [-0.2, 0) is 18.3 Å². The molecule has 0 spiro atoms. The molecule has 0 radical (unpaired) electrons. The third-order valence-electron chi connectivity index (χ3n) is 32.7. The lowest BCUT2D eigenvalue weighted by Crippen LogP contribution is -2.75. The fraction of sp³-hybridized carbons (Fsp3) is 0. The van der Waals surface area contributed by atoms with Crippen molar-refractivity contribution in [1.29, 1.82) is 0 Å². The van der Waals surface area contributed by atoms with Crippen molar-refractivity contribution in [3.63, 3.8) is 0 Å². The molecule has 0 saturated carbocycles. The molecule has 8 nitrogen and oxygen atoms in total. The minimum absolute atomic E-state index is 0.339. The van der Waals surface area contributed by atoms with Crippen molar-refractivity contribution in [2.45, 2.75) is 0 Å². The number of para-hydroxylation sites is 4. The first-order valence-corrected chi connectivity index (χ1v) is 58.8. The summed E-state index contributed by atoms with van der Waals surface area (Å²) in [5.41, 5.74) is 30.8. The smallest absolute Gasteiger partial charge is 0.373 e. The zero-order valence-corrected chi connectivity index (χ0v) is 80.0. The fourth-order valence-electron chi connectivity index (χ4n) is 27.6. The lowest BCUT2D eigenvalue weighted by Gasteiger charge is -2.39. The van der Waals surface area contributed by atoms with Crippen LogP contribution in [0.5, 0.6) is 0 Å².